The first kappa shape index (κ1) is 17.0. The third kappa shape index (κ3) is 4.11. The number of oxime groups is 1. The Morgan fingerprint density at radius 2 is 1.92 bits per heavy atom. The summed E-state index contributed by atoms with van der Waals surface area (Å²) in [6.07, 6.45) is 0. The Morgan fingerprint density at radius 1 is 1.21 bits per heavy atom. The van der Waals surface area contributed by atoms with Gasteiger partial charge < -0.3 is 14.9 Å². The molecule has 6 nitrogen and oxygen atoms in total. The van der Waals surface area contributed by atoms with E-state index in [1.165, 1.54) is 14.2 Å². The summed E-state index contributed by atoms with van der Waals surface area (Å²) in [5.41, 5.74) is 2.17. The van der Waals surface area contributed by atoms with E-state index in [-0.39, 0.29) is 18.2 Å². The molecule has 0 radical (unpaired) electrons. The van der Waals surface area contributed by atoms with Gasteiger partial charge in [-0.25, -0.2) is 0 Å². The van der Waals surface area contributed by atoms with Gasteiger partial charge >= 0.3 is 0 Å². The normalized spacial score (nSPS) is 10.6. The van der Waals surface area contributed by atoms with Gasteiger partial charge in [-0.15, -0.1) is 0 Å². The zero-order valence-corrected chi connectivity index (χ0v) is 13.4. The zero-order chi connectivity index (χ0) is 17.4. The quantitative estimate of drug-likeness (QED) is 0.653. The van der Waals surface area contributed by atoms with Crippen LogP contribution in [0.4, 0.5) is 0 Å². The molecule has 122 valence electrons. The molecule has 0 aliphatic carbocycles. The molecule has 0 saturated carbocycles. The van der Waals surface area contributed by atoms with E-state index in [2.05, 4.69) is 16.5 Å². The van der Waals surface area contributed by atoms with Crippen molar-refractivity contribution in [2.45, 2.75) is 6.61 Å². The highest BCUT2D eigenvalue weighted by Crippen LogP contribution is 2.17. The fraction of sp³-hybridized carbons (Fsp3) is 0.167. The fourth-order valence-corrected chi connectivity index (χ4v) is 2.09. The third-order valence-corrected chi connectivity index (χ3v) is 3.27. The Hall–Kier alpha value is -3.33. The van der Waals surface area contributed by atoms with Gasteiger partial charge in [0.1, 0.15) is 19.5 Å². The molecule has 0 unspecified atom stereocenters. The van der Waals surface area contributed by atoms with Gasteiger partial charge in [0.05, 0.1) is 11.6 Å². The van der Waals surface area contributed by atoms with E-state index in [1.54, 1.807) is 30.3 Å². The number of rotatable bonds is 6. The molecule has 1 N–H and O–H groups in total. The molecule has 0 atom stereocenters. The summed E-state index contributed by atoms with van der Waals surface area (Å²) in [7, 11) is 2.92. The van der Waals surface area contributed by atoms with Gasteiger partial charge in [-0.05, 0) is 29.8 Å². The Balaban J connectivity index is 2.23. The molecule has 0 aliphatic rings. The van der Waals surface area contributed by atoms with Crippen molar-refractivity contribution in [3.05, 3.63) is 65.2 Å². The molecule has 0 bridgehead atoms. The highest BCUT2D eigenvalue weighted by molar-refractivity contribution is 6.45. The van der Waals surface area contributed by atoms with Crippen LogP contribution in [-0.4, -0.2) is 25.8 Å². The molecular weight excluding hydrogens is 306 g/mol. The summed E-state index contributed by atoms with van der Waals surface area (Å²) in [6.45, 7) is 0.252. The number of nitrogens with zero attached hydrogens (tertiary/aromatic N) is 2. The van der Waals surface area contributed by atoms with Gasteiger partial charge in [0.2, 0.25) is 0 Å². The molecule has 2 aromatic rings. The summed E-state index contributed by atoms with van der Waals surface area (Å²) in [4.78, 5) is 16.8. The largest absolute Gasteiger partial charge is 0.489 e. The Kier molecular flexibility index (Phi) is 5.92. The highest BCUT2D eigenvalue weighted by atomic mass is 16.6. The van der Waals surface area contributed by atoms with E-state index >= 15 is 0 Å². The van der Waals surface area contributed by atoms with Gasteiger partial charge in [-0.3, -0.25) is 4.79 Å². The van der Waals surface area contributed by atoms with Crippen LogP contribution in [-0.2, 0) is 16.2 Å². The van der Waals surface area contributed by atoms with E-state index in [9.17, 15) is 4.79 Å². The van der Waals surface area contributed by atoms with Crippen LogP contribution in [0.3, 0.4) is 0 Å². The van der Waals surface area contributed by atoms with Crippen molar-refractivity contribution in [2.24, 2.45) is 5.16 Å². The number of nitriles is 1. The smallest absolute Gasteiger partial charge is 0.273 e. The van der Waals surface area contributed by atoms with Crippen LogP contribution in [0.5, 0.6) is 5.75 Å². The van der Waals surface area contributed by atoms with E-state index in [0.29, 0.717) is 16.9 Å². The molecule has 24 heavy (non-hydrogen) atoms. The lowest BCUT2D eigenvalue weighted by molar-refractivity contribution is -0.114. The molecule has 1 amide bonds. The third-order valence-electron chi connectivity index (χ3n) is 3.27. The summed E-state index contributed by atoms with van der Waals surface area (Å²) in [5, 5.41) is 15.2. The first-order chi connectivity index (χ1) is 11.7. The van der Waals surface area contributed by atoms with Crippen molar-refractivity contribution in [3.8, 4) is 11.8 Å². The molecule has 6 heteroatoms. The van der Waals surface area contributed by atoms with Crippen LogP contribution >= 0.6 is 0 Å². The predicted octanol–water partition coefficient (Wildman–Crippen LogP) is 2.23. The topological polar surface area (TPSA) is 83.7 Å². The maximum Gasteiger partial charge on any atom is 0.273 e. The summed E-state index contributed by atoms with van der Waals surface area (Å²) in [6, 6.07) is 16.2. The molecule has 0 fully saturated rings. The van der Waals surface area contributed by atoms with Gasteiger partial charge in [0.15, 0.2) is 5.71 Å². The van der Waals surface area contributed by atoms with Gasteiger partial charge in [0.25, 0.3) is 5.91 Å². The minimum Gasteiger partial charge on any atom is -0.489 e. The van der Waals surface area contributed by atoms with Crippen LogP contribution in [0.1, 0.15) is 16.7 Å². The Labute approximate surface area is 140 Å². The minimum absolute atomic E-state index is 0.180. The zero-order valence-electron chi connectivity index (χ0n) is 13.4. The first-order valence-electron chi connectivity index (χ1n) is 7.24. The standard InChI is InChI=1S/C18H17N3O3/c1-20-18(22)17(21-23-2)16-6-4-3-5-14(16)12-24-15-9-7-13(11-19)8-10-15/h3-10H,12H2,1-2H3,(H,20,22)/b21-17-. The van der Waals surface area contributed by atoms with Crippen LogP contribution < -0.4 is 10.1 Å². The van der Waals surface area contributed by atoms with Crippen LogP contribution in [0.2, 0.25) is 0 Å². The van der Waals surface area contributed by atoms with Crippen LogP contribution in [0.25, 0.3) is 0 Å². The Morgan fingerprint density at radius 3 is 2.54 bits per heavy atom. The lowest BCUT2D eigenvalue weighted by atomic mass is 10.0. The molecule has 2 rings (SSSR count). The van der Waals surface area contributed by atoms with Crippen molar-refractivity contribution in [1.82, 2.24) is 5.32 Å². The van der Waals surface area contributed by atoms with E-state index < -0.39 is 0 Å². The maximum absolute atomic E-state index is 12.0. The molecule has 2 aromatic carbocycles. The molecule has 0 saturated heterocycles. The van der Waals surface area contributed by atoms with E-state index in [4.69, 9.17) is 14.8 Å². The SMILES string of the molecule is CNC(=O)/C(=N\OC)c1ccccc1COc1ccc(C#N)cc1. The second kappa shape index (κ2) is 8.34. The second-order valence-corrected chi connectivity index (χ2v) is 4.78. The van der Waals surface area contributed by atoms with Crippen LogP contribution in [0, 0.1) is 11.3 Å². The maximum atomic E-state index is 12.0. The average molecular weight is 323 g/mol. The van der Waals surface area contributed by atoms with Crippen molar-refractivity contribution < 1.29 is 14.4 Å². The van der Waals surface area contributed by atoms with Gasteiger partial charge in [-0.2, -0.15) is 5.26 Å². The summed E-state index contributed by atoms with van der Waals surface area (Å²) >= 11 is 0. The average Bonchev–Trinajstić information content (AvgIpc) is 2.64. The molecule has 0 spiro atoms. The number of benzene rings is 2. The van der Waals surface area contributed by atoms with E-state index in [1.807, 2.05) is 18.2 Å². The number of hydrogen-bond donors (Lipinski definition) is 1. The molecule has 0 heterocycles. The van der Waals surface area contributed by atoms with Crippen molar-refractivity contribution in [3.63, 3.8) is 0 Å². The number of carbonyl (C=O) groups excluding carboxylic acids is 1. The van der Waals surface area contributed by atoms with E-state index in [0.717, 1.165) is 5.56 Å². The van der Waals surface area contributed by atoms with Gasteiger partial charge in [-0.1, -0.05) is 29.4 Å². The minimum atomic E-state index is -0.345. The fourth-order valence-electron chi connectivity index (χ4n) is 2.09. The lowest BCUT2D eigenvalue weighted by Gasteiger charge is -2.12. The summed E-state index contributed by atoms with van der Waals surface area (Å²) < 4.78 is 5.74. The van der Waals surface area contributed by atoms with Crippen molar-refractivity contribution >= 4 is 11.6 Å². The number of amides is 1. The number of likely N-dealkylation sites (N-methyl/N-ethyl adjacent to an activating group) is 1. The second-order valence-electron chi connectivity index (χ2n) is 4.78. The number of carbonyl (C=O) groups is 1. The number of nitrogens with one attached hydrogen (secondary N) is 1. The molecule has 0 aliphatic heterocycles. The lowest BCUT2D eigenvalue weighted by Crippen LogP contribution is -2.29. The number of ether oxygens (including phenoxy) is 1. The molecule has 0 aromatic heterocycles. The predicted molar refractivity (Wildman–Crippen MR) is 89.5 cm³/mol. The monoisotopic (exact) mass is 323 g/mol. The van der Waals surface area contributed by atoms with Gasteiger partial charge in [0, 0.05) is 12.6 Å². The van der Waals surface area contributed by atoms with Crippen molar-refractivity contribution in [2.75, 3.05) is 14.2 Å². The van der Waals surface area contributed by atoms with Crippen molar-refractivity contribution in [1.29, 1.82) is 5.26 Å². The Bertz CT molecular complexity index is 777. The highest BCUT2D eigenvalue weighted by Gasteiger charge is 2.17. The number of hydrogen-bond acceptors (Lipinski definition) is 5. The first-order valence-corrected chi connectivity index (χ1v) is 7.24. The summed E-state index contributed by atoms with van der Waals surface area (Å²) in [5.74, 6) is 0.289. The molecular formula is C18H17N3O3. The van der Waals surface area contributed by atoms with Crippen LogP contribution in [0.15, 0.2) is 53.7 Å².